The van der Waals surface area contributed by atoms with Crippen LogP contribution in [0, 0.1) is 24.0 Å². The smallest absolute Gasteiger partial charge is 0.393 e. The summed E-state index contributed by atoms with van der Waals surface area (Å²) in [6.07, 6.45) is 4.49. The zero-order valence-corrected chi connectivity index (χ0v) is 27.9. The number of aryl methyl sites for hydroxylation is 1. The molecule has 2 bridgehead atoms. The number of amides is 1. The van der Waals surface area contributed by atoms with Gasteiger partial charge in [0.05, 0.1) is 17.2 Å². The second kappa shape index (κ2) is 10.2. The Hall–Kier alpha value is -4.18. The van der Waals surface area contributed by atoms with Crippen molar-refractivity contribution in [3.05, 3.63) is 52.8 Å². The molecule has 4 fully saturated rings. The van der Waals surface area contributed by atoms with Crippen LogP contribution in [0.1, 0.15) is 48.1 Å². The molecule has 1 amide bonds. The molecule has 43 heavy (non-hydrogen) atoms. The molecule has 0 unspecified atom stereocenters. The molecule has 1 aromatic carbocycles. The summed E-state index contributed by atoms with van der Waals surface area (Å²) >= 11 is 1.08. The Balaban J connectivity index is 0.00000329. The third-order valence-electron chi connectivity index (χ3n) is 9.68. The predicted molar refractivity (Wildman–Crippen MR) is 157 cm³/mol. The molecule has 4 aliphatic rings. The molecule has 0 spiro atoms. The van der Waals surface area contributed by atoms with Gasteiger partial charge in [-0.1, -0.05) is 13.0 Å². The van der Waals surface area contributed by atoms with Crippen molar-refractivity contribution in [1.29, 1.82) is 0 Å². The van der Waals surface area contributed by atoms with Crippen molar-refractivity contribution < 1.29 is 18.0 Å². The van der Waals surface area contributed by atoms with Crippen LogP contribution in [0.3, 0.4) is 0 Å². The van der Waals surface area contributed by atoms with E-state index in [0.29, 0.717) is 16.0 Å². The van der Waals surface area contributed by atoms with Crippen LogP contribution in [-0.2, 0) is 24.3 Å². The van der Waals surface area contributed by atoms with Crippen molar-refractivity contribution in [3.63, 3.8) is 0 Å². The molecule has 1 aliphatic heterocycles. The van der Waals surface area contributed by atoms with Crippen molar-refractivity contribution >= 4 is 44.2 Å². The molecule has 8 rings (SSSR count). The number of benzene rings is 1. The first-order valence-corrected chi connectivity index (χ1v) is 15.4. The summed E-state index contributed by atoms with van der Waals surface area (Å²) in [7, 11) is 1.73. The fourth-order valence-electron chi connectivity index (χ4n) is 7.67. The number of likely N-dealkylation sites (tertiary alicyclic amines) is 1. The van der Waals surface area contributed by atoms with E-state index >= 15 is 0 Å². The van der Waals surface area contributed by atoms with Gasteiger partial charge in [0, 0.05) is 44.1 Å². The molecule has 3 aliphatic carbocycles. The van der Waals surface area contributed by atoms with Crippen molar-refractivity contribution in [2.45, 2.75) is 70.8 Å². The van der Waals surface area contributed by atoms with Gasteiger partial charge in [0.15, 0.2) is 0 Å². The number of anilines is 1. The molecular weight excluding hydrogens is 808 g/mol. The largest absolute Gasteiger partial charge is 0.464 e. The summed E-state index contributed by atoms with van der Waals surface area (Å²) in [6, 6.07) is 8.35. The summed E-state index contributed by atoms with van der Waals surface area (Å²) in [5.74, 6) is 0.811. The van der Waals surface area contributed by atoms with E-state index < -0.39 is 12.6 Å². The number of hydrogen-bond acceptors (Lipinski definition) is 6. The number of carbonyl (C=O) groups excluding carboxylic acids is 1. The maximum atomic E-state index is 12.9. The predicted octanol–water partition coefficient (Wildman–Crippen LogP) is 5.85. The third kappa shape index (κ3) is 5.07. The van der Waals surface area contributed by atoms with Crippen LogP contribution < -0.4 is 10.6 Å². The van der Waals surface area contributed by atoms with E-state index in [1.165, 1.54) is 28.4 Å². The zero-order chi connectivity index (χ0) is 29.3. The van der Waals surface area contributed by atoms with Crippen LogP contribution in [0.5, 0.6) is 0 Å². The number of nitrogens with zero attached hydrogens (tertiary/aromatic N) is 4. The molecule has 1 saturated heterocycles. The number of aromatic nitrogens is 3. The number of nitrogens with one attached hydrogen (secondary N) is 2. The van der Waals surface area contributed by atoms with E-state index in [0.717, 1.165) is 69.6 Å². The van der Waals surface area contributed by atoms with E-state index in [9.17, 15) is 18.0 Å². The van der Waals surface area contributed by atoms with Crippen LogP contribution in [0.4, 0.5) is 19.0 Å². The number of halogens is 3. The maximum Gasteiger partial charge on any atom is 0.393 e. The Morgan fingerprint density at radius 1 is 1.16 bits per heavy atom. The second-order valence-corrected chi connectivity index (χ2v) is 13.8. The minimum atomic E-state index is -4.24. The van der Waals surface area contributed by atoms with Crippen molar-refractivity contribution in [2.75, 3.05) is 25.5 Å². The van der Waals surface area contributed by atoms with Crippen LogP contribution in [0.15, 0.2) is 30.6 Å². The molecule has 3 aromatic heterocycles. The Morgan fingerprint density at radius 2 is 1.91 bits per heavy atom. The van der Waals surface area contributed by atoms with Crippen LogP contribution in [-0.4, -0.2) is 57.7 Å². The van der Waals surface area contributed by atoms with Crippen LogP contribution in [0.25, 0.3) is 21.1 Å². The van der Waals surface area contributed by atoms with E-state index in [2.05, 4.69) is 61.4 Å². The number of hydrogen-bond donors (Lipinski definition) is 2. The average molecular weight is 843 g/mol. The Labute approximate surface area is 246 Å². The number of fused-ring (bicyclic) bond motifs is 2. The molecule has 0 radical (unpaired) electrons. The average Bonchev–Trinajstić information content (AvgIpc) is 3.51. The molecule has 4 heterocycles. The van der Waals surface area contributed by atoms with Gasteiger partial charge < -0.3 is 15.2 Å². The Kier molecular flexibility index (Phi) is 6.87. The number of rotatable bonds is 8. The van der Waals surface area contributed by atoms with Gasteiger partial charge in [0.2, 0.25) is 5.91 Å². The summed E-state index contributed by atoms with van der Waals surface area (Å²) in [6.45, 7) is 5.84. The van der Waals surface area contributed by atoms with Crippen LogP contribution >= 0.6 is 11.3 Å². The van der Waals surface area contributed by atoms with Crippen LogP contribution in [0.2, 0.25) is 0 Å². The van der Waals surface area contributed by atoms with Gasteiger partial charge >= 0.3 is 6.18 Å². The topological polar surface area (TPSA) is 75.1 Å². The molecule has 3 saturated carbocycles. The van der Waals surface area contributed by atoms with E-state index in [-0.39, 0.29) is 27.7 Å². The van der Waals surface area contributed by atoms with Gasteiger partial charge in [-0.15, -0.1) is 34.7 Å². The van der Waals surface area contributed by atoms with Crippen molar-refractivity contribution in [2.24, 2.45) is 10.8 Å². The third-order valence-corrected chi connectivity index (χ3v) is 10.7. The van der Waals surface area contributed by atoms with Gasteiger partial charge in [-0.3, -0.25) is 9.69 Å². The first kappa shape index (κ1) is 28.9. The number of thiophene rings is 1. The second-order valence-electron chi connectivity index (χ2n) is 12.7. The summed E-state index contributed by atoms with van der Waals surface area (Å²) in [5.41, 5.74) is 3.94. The van der Waals surface area contributed by atoms with E-state index in [4.69, 9.17) is 0 Å². The number of alkyl halides is 3. The molecule has 4 aromatic rings. The maximum absolute atomic E-state index is 12.9. The Morgan fingerprint density at radius 3 is 2.60 bits per heavy atom. The SMILES string of the molecule is CNC(=O)C12CC(Cn3[c-]cc4c(C)c(CN5CCC(Nc6ncnc7sc(CC(F)(F)F)cc67)CC5)ccc43)(C1)C2.[Cm]. The van der Waals surface area contributed by atoms with Crippen molar-refractivity contribution in [3.8, 4) is 0 Å². The standard InChI is InChI=1S/C31H34F3N6OS.Cm/c1-19-20(3-4-25-23(19)7-10-40(25)17-29-14-30(15-29,16-29)28(41)35-2)13-39-8-5-21(6-9-39)38-26-24-11-22(12-31(32,33)34)42-27(24)37-18-36-26;/h3-4,7,11,18,21H,5-6,8-9,12-17H2,1-2H3,(H,35,41)(H,36,37,38);/q-1;. The summed E-state index contributed by atoms with van der Waals surface area (Å²) in [5, 5.41) is 8.22. The van der Waals surface area contributed by atoms with Gasteiger partial charge in [-0.25, -0.2) is 9.97 Å². The quantitative estimate of drug-likeness (QED) is 0.218. The minimum Gasteiger partial charge on any atom is -0.464 e. The molecule has 0 atom stereocenters. The molecule has 7 nitrogen and oxygen atoms in total. The fraction of sp³-hybridized carbons (Fsp3) is 0.516. The first-order chi connectivity index (χ1) is 20.1. The molecular formula is C31H34CmF3N6OS-. The fourth-order valence-corrected chi connectivity index (χ4v) is 8.70. The normalized spacial score (nSPS) is 23.9. The molecule has 230 valence electrons. The first-order valence-electron chi connectivity index (χ1n) is 14.6. The van der Waals surface area contributed by atoms with E-state index in [1.54, 1.807) is 13.1 Å². The zero-order valence-electron chi connectivity index (χ0n) is 24.1. The minimum absolute atomic E-state index is 0. The summed E-state index contributed by atoms with van der Waals surface area (Å²) in [4.78, 5) is 24.0. The number of piperidine rings is 1. The molecule has 2 N–H and O–H groups in total. The van der Waals surface area contributed by atoms with Gasteiger partial charge in [-0.05, 0) is 49.1 Å². The van der Waals surface area contributed by atoms with Gasteiger partial charge in [0.25, 0.3) is 0 Å². The van der Waals surface area contributed by atoms with Crippen molar-refractivity contribution in [1.82, 2.24) is 24.8 Å². The monoisotopic (exact) mass is 838 g/mol. The number of carbonyl (C=O) groups is 1. The Bertz CT molecular complexity index is 1660. The molecule has 12 heteroatoms. The van der Waals surface area contributed by atoms with Gasteiger partial charge in [0.1, 0.15) is 17.0 Å². The van der Waals surface area contributed by atoms with E-state index in [1.807, 2.05) is 0 Å². The summed E-state index contributed by atoms with van der Waals surface area (Å²) < 4.78 is 40.9. The van der Waals surface area contributed by atoms with Gasteiger partial charge in [-0.2, -0.15) is 24.6 Å².